The third-order valence-corrected chi connectivity index (χ3v) is 2.66. The molecule has 0 atom stereocenters. The van der Waals surface area contributed by atoms with Crippen LogP contribution in [0.4, 0.5) is 0 Å². The second-order valence-corrected chi connectivity index (χ2v) is 4.25. The smallest absolute Gasteiger partial charge is 0.176 e. The molecular formula is C8H9N3S2. The van der Waals surface area contributed by atoms with Crippen LogP contribution in [0.2, 0.25) is 0 Å². The minimum absolute atomic E-state index is 0.626. The van der Waals surface area contributed by atoms with Crippen molar-refractivity contribution >= 4 is 35.1 Å². The second-order valence-electron chi connectivity index (χ2n) is 2.56. The van der Waals surface area contributed by atoms with E-state index in [9.17, 15) is 0 Å². The van der Waals surface area contributed by atoms with Crippen molar-refractivity contribution < 1.29 is 0 Å². The zero-order chi connectivity index (χ0) is 9.26. The van der Waals surface area contributed by atoms with E-state index >= 15 is 0 Å². The number of hydrogen-bond acceptors (Lipinski definition) is 3. The van der Waals surface area contributed by atoms with Gasteiger partial charge < -0.3 is 9.97 Å². The molecule has 2 N–H and O–H groups in total. The predicted octanol–water partition coefficient (Wildman–Crippen LogP) is 2.73. The fourth-order valence-corrected chi connectivity index (χ4v) is 1.95. The SMILES string of the molecule is CCSc1ccc2[nH]c(=S)[nH]c2n1. The molecule has 0 saturated heterocycles. The number of nitrogens with zero attached hydrogens (tertiary/aromatic N) is 1. The van der Waals surface area contributed by atoms with Crippen molar-refractivity contribution in [3.05, 3.63) is 16.9 Å². The lowest BCUT2D eigenvalue weighted by Crippen LogP contribution is -1.81. The first kappa shape index (κ1) is 8.77. The van der Waals surface area contributed by atoms with Crippen molar-refractivity contribution in [2.75, 3.05) is 5.75 Å². The average molecular weight is 211 g/mol. The van der Waals surface area contributed by atoms with Gasteiger partial charge in [-0.3, -0.25) is 0 Å². The summed E-state index contributed by atoms with van der Waals surface area (Å²) < 4.78 is 0.626. The van der Waals surface area contributed by atoms with E-state index in [1.165, 1.54) is 0 Å². The van der Waals surface area contributed by atoms with Crippen LogP contribution in [-0.4, -0.2) is 20.7 Å². The van der Waals surface area contributed by atoms with Crippen LogP contribution in [0.5, 0.6) is 0 Å². The normalized spacial score (nSPS) is 10.8. The molecule has 2 heterocycles. The molecule has 3 nitrogen and oxygen atoms in total. The number of fused-ring (bicyclic) bond motifs is 1. The van der Waals surface area contributed by atoms with E-state index in [-0.39, 0.29) is 0 Å². The summed E-state index contributed by atoms with van der Waals surface area (Å²) in [5.41, 5.74) is 1.80. The van der Waals surface area contributed by atoms with E-state index in [2.05, 4.69) is 21.9 Å². The van der Waals surface area contributed by atoms with Crippen molar-refractivity contribution in [3.8, 4) is 0 Å². The van der Waals surface area contributed by atoms with Crippen LogP contribution in [0.15, 0.2) is 17.2 Å². The maximum Gasteiger partial charge on any atom is 0.176 e. The number of imidazole rings is 1. The fraction of sp³-hybridized carbons (Fsp3) is 0.250. The molecule has 0 aliphatic rings. The zero-order valence-electron chi connectivity index (χ0n) is 7.13. The highest BCUT2D eigenvalue weighted by atomic mass is 32.2. The molecule has 2 rings (SSSR count). The molecule has 0 amide bonds. The highest BCUT2D eigenvalue weighted by molar-refractivity contribution is 7.99. The molecule has 5 heteroatoms. The van der Waals surface area contributed by atoms with E-state index in [4.69, 9.17) is 12.2 Å². The van der Waals surface area contributed by atoms with Gasteiger partial charge in [-0.25, -0.2) is 4.98 Å². The molecule has 0 spiro atoms. The zero-order valence-corrected chi connectivity index (χ0v) is 8.76. The molecule has 2 aromatic heterocycles. The summed E-state index contributed by atoms with van der Waals surface area (Å²) in [5, 5.41) is 1.03. The van der Waals surface area contributed by atoms with E-state index in [0.717, 1.165) is 21.9 Å². The van der Waals surface area contributed by atoms with Crippen LogP contribution >= 0.6 is 24.0 Å². The topological polar surface area (TPSA) is 44.5 Å². The molecular weight excluding hydrogens is 202 g/mol. The summed E-state index contributed by atoms with van der Waals surface area (Å²) in [7, 11) is 0. The first-order valence-electron chi connectivity index (χ1n) is 4.01. The molecule has 0 aromatic carbocycles. The van der Waals surface area contributed by atoms with E-state index in [1.54, 1.807) is 11.8 Å². The van der Waals surface area contributed by atoms with Gasteiger partial charge in [0.2, 0.25) is 0 Å². The average Bonchev–Trinajstić information content (AvgIpc) is 2.44. The Morgan fingerprint density at radius 1 is 1.46 bits per heavy atom. The molecule has 0 fully saturated rings. The number of pyridine rings is 1. The summed E-state index contributed by atoms with van der Waals surface area (Å²) in [4.78, 5) is 10.4. The Balaban J connectivity index is 2.54. The quantitative estimate of drug-likeness (QED) is 0.593. The summed E-state index contributed by atoms with van der Waals surface area (Å²) in [6, 6.07) is 3.99. The van der Waals surface area contributed by atoms with Crippen LogP contribution < -0.4 is 0 Å². The Kier molecular flexibility index (Phi) is 2.37. The van der Waals surface area contributed by atoms with E-state index < -0.39 is 0 Å². The second kappa shape index (κ2) is 3.51. The number of thioether (sulfide) groups is 1. The van der Waals surface area contributed by atoms with Crippen LogP contribution in [-0.2, 0) is 0 Å². The largest absolute Gasteiger partial charge is 0.329 e. The van der Waals surface area contributed by atoms with Gasteiger partial charge in [0, 0.05) is 0 Å². The molecule has 13 heavy (non-hydrogen) atoms. The number of H-pyrrole nitrogens is 2. The van der Waals surface area contributed by atoms with Crippen molar-refractivity contribution in [3.63, 3.8) is 0 Å². The van der Waals surface area contributed by atoms with Crippen LogP contribution in [0, 0.1) is 4.77 Å². The molecule has 0 unspecified atom stereocenters. The highest BCUT2D eigenvalue weighted by Crippen LogP contribution is 2.17. The first-order chi connectivity index (χ1) is 6.29. The number of aromatic amines is 2. The van der Waals surface area contributed by atoms with Crippen LogP contribution in [0.3, 0.4) is 0 Å². The van der Waals surface area contributed by atoms with Gasteiger partial charge in [0.25, 0.3) is 0 Å². The summed E-state index contributed by atoms with van der Waals surface area (Å²) in [5.74, 6) is 1.03. The Labute approximate surface area is 85.0 Å². The van der Waals surface area contributed by atoms with Crippen LogP contribution in [0.25, 0.3) is 11.2 Å². The van der Waals surface area contributed by atoms with E-state index in [1.807, 2.05) is 12.1 Å². The molecule has 0 radical (unpaired) electrons. The third-order valence-electron chi connectivity index (χ3n) is 1.64. The van der Waals surface area contributed by atoms with Crippen molar-refractivity contribution in [2.45, 2.75) is 11.9 Å². The maximum atomic E-state index is 4.96. The van der Waals surface area contributed by atoms with Crippen molar-refractivity contribution in [1.82, 2.24) is 15.0 Å². The Morgan fingerprint density at radius 3 is 3.08 bits per heavy atom. The molecule has 2 aromatic rings. The van der Waals surface area contributed by atoms with Gasteiger partial charge in [0.15, 0.2) is 10.4 Å². The van der Waals surface area contributed by atoms with Gasteiger partial charge in [-0.2, -0.15) is 0 Å². The lowest BCUT2D eigenvalue weighted by molar-refractivity contribution is 1.16. The summed E-state index contributed by atoms with van der Waals surface area (Å²) in [6.45, 7) is 2.11. The number of nitrogens with one attached hydrogen (secondary N) is 2. The number of hydrogen-bond donors (Lipinski definition) is 2. The summed E-state index contributed by atoms with van der Waals surface area (Å²) in [6.07, 6.45) is 0. The van der Waals surface area contributed by atoms with Gasteiger partial charge in [0.1, 0.15) is 0 Å². The van der Waals surface area contributed by atoms with Crippen molar-refractivity contribution in [2.24, 2.45) is 0 Å². The number of rotatable bonds is 2. The monoisotopic (exact) mass is 211 g/mol. The van der Waals surface area contributed by atoms with Crippen LogP contribution in [0.1, 0.15) is 6.92 Å². The van der Waals surface area contributed by atoms with Gasteiger partial charge in [-0.15, -0.1) is 11.8 Å². The molecule has 0 bridgehead atoms. The maximum absolute atomic E-state index is 4.96. The Hall–Kier alpha value is -0.810. The van der Waals surface area contributed by atoms with Gasteiger partial charge >= 0.3 is 0 Å². The standard InChI is InChI=1S/C8H9N3S2/c1-2-13-6-4-3-5-7(10-6)11-8(12)9-5/h3-4H,2H2,1H3,(H2,9,10,11,12). The highest BCUT2D eigenvalue weighted by Gasteiger charge is 1.99. The fourth-order valence-electron chi connectivity index (χ4n) is 1.13. The van der Waals surface area contributed by atoms with Gasteiger partial charge in [-0.05, 0) is 30.1 Å². The lowest BCUT2D eigenvalue weighted by Gasteiger charge is -1.95. The molecule has 0 saturated carbocycles. The minimum atomic E-state index is 0.626. The third kappa shape index (κ3) is 1.76. The minimum Gasteiger partial charge on any atom is -0.329 e. The van der Waals surface area contributed by atoms with E-state index in [0.29, 0.717) is 4.77 Å². The Morgan fingerprint density at radius 2 is 2.31 bits per heavy atom. The van der Waals surface area contributed by atoms with Gasteiger partial charge in [-0.1, -0.05) is 6.92 Å². The first-order valence-corrected chi connectivity index (χ1v) is 5.41. The Bertz CT molecular complexity index is 471. The van der Waals surface area contributed by atoms with Crippen molar-refractivity contribution in [1.29, 1.82) is 0 Å². The predicted molar refractivity (Wildman–Crippen MR) is 57.7 cm³/mol. The molecule has 0 aliphatic heterocycles. The number of aromatic nitrogens is 3. The van der Waals surface area contributed by atoms with Gasteiger partial charge in [0.05, 0.1) is 10.5 Å². The summed E-state index contributed by atoms with van der Waals surface area (Å²) >= 11 is 6.68. The molecule has 68 valence electrons. The lowest BCUT2D eigenvalue weighted by atomic mass is 10.4. The molecule has 0 aliphatic carbocycles.